The van der Waals surface area contributed by atoms with E-state index in [9.17, 15) is 9.59 Å². The summed E-state index contributed by atoms with van der Waals surface area (Å²) in [5, 5.41) is 11.9. The molecule has 0 atom stereocenters. The second-order valence-corrected chi connectivity index (χ2v) is 9.81. The number of benzene rings is 1. The minimum Gasteiger partial charge on any atom is -0.484 e. The van der Waals surface area contributed by atoms with Gasteiger partial charge >= 0.3 is 5.63 Å². The van der Waals surface area contributed by atoms with Crippen molar-refractivity contribution in [1.82, 2.24) is 15.1 Å². The minimum absolute atomic E-state index is 0.0494. The molecule has 1 saturated heterocycles. The third-order valence-electron chi connectivity index (χ3n) is 6.57. The van der Waals surface area contributed by atoms with E-state index in [-0.39, 0.29) is 12.5 Å². The first-order valence-electron chi connectivity index (χ1n) is 11.6. The van der Waals surface area contributed by atoms with Crippen molar-refractivity contribution >= 4 is 33.3 Å². The minimum atomic E-state index is -0.396. The fourth-order valence-corrected chi connectivity index (χ4v) is 5.71. The average Bonchev–Trinajstić information content (AvgIpc) is 3.33. The van der Waals surface area contributed by atoms with Gasteiger partial charge < -0.3 is 19.0 Å². The van der Waals surface area contributed by atoms with Crippen LogP contribution in [0.5, 0.6) is 5.75 Å². The third kappa shape index (κ3) is 4.88. The molecule has 0 bridgehead atoms. The summed E-state index contributed by atoms with van der Waals surface area (Å²) in [6, 6.07) is 6.76. The number of carbonyl (C=O) groups is 1. The first-order valence-corrected chi connectivity index (χ1v) is 12.4. The number of ether oxygens (including phenoxy) is 1. The van der Waals surface area contributed by atoms with E-state index < -0.39 is 5.63 Å². The first-order chi connectivity index (χ1) is 16.1. The van der Waals surface area contributed by atoms with Crippen molar-refractivity contribution < 1.29 is 13.9 Å². The van der Waals surface area contributed by atoms with E-state index in [4.69, 9.17) is 9.15 Å². The van der Waals surface area contributed by atoms with Crippen molar-refractivity contribution in [1.29, 1.82) is 0 Å². The number of fused-ring (bicyclic) bond motifs is 1. The predicted molar refractivity (Wildman–Crippen MR) is 127 cm³/mol. The number of hydrogen-bond acceptors (Lipinski definition) is 8. The molecule has 174 valence electrons. The normalized spacial score (nSPS) is 17.5. The Morgan fingerprint density at radius 3 is 2.70 bits per heavy atom. The fraction of sp³-hybridized carbons (Fsp3) is 0.500. The molecule has 0 spiro atoms. The number of piperazine rings is 1. The van der Waals surface area contributed by atoms with Crippen LogP contribution < -0.4 is 15.3 Å². The van der Waals surface area contributed by atoms with Crippen molar-refractivity contribution in [2.24, 2.45) is 0 Å². The summed E-state index contributed by atoms with van der Waals surface area (Å²) in [5.41, 5.74) is 0.915. The Balaban J connectivity index is 1.14. The van der Waals surface area contributed by atoms with Crippen molar-refractivity contribution in [2.45, 2.75) is 44.9 Å². The van der Waals surface area contributed by atoms with Gasteiger partial charge in [-0.05, 0) is 37.5 Å². The first kappa shape index (κ1) is 21.9. The van der Waals surface area contributed by atoms with Gasteiger partial charge in [-0.3, -0.25) is 4.79 Å². The summed E-state index contributed by atoms with van der Waals surface area (Å²) in [4.78, 5) is 28.3. The zero-order valence-corrected chi connectivity index (χ0v) is 19.6. The van der Waals surface area contributed by atoms with Gasteiger partial charge in [0.05, 0.1) is 0 Å². The highest BCUT2D eigenvalue weighted by atomic mass is 32.1. The number of rotatable bonds is 5. The maximum atomic E-state index is 12.7. The van der Waals surface area contributed by atoms with Gasteiger partial charge in [0, 0.05) is 49.6 Å². The lowest BCUT2D eigenvalue weighted by Crippen LogP contribution is -2.50. The van der Waals surface area contributed by atoms with Crippen LogP contribution in [0.15, 0.2) is 33.5 Å². The topological polar surface area (TPSA) is 88.8 Å². The molecule has 3 aromatic rings. The van der Waals surface area contributed by atoms with Crippen LogP contribution in [0.3, 0.4) is 0 Å². The predicted octanol–water partition coefficient (Wildman–Crippen LogP) is 3.73. The Hall–Kier alpha value is -2.94. The molecule has 1 saturated carbocycles. The van der Waals surface area contributed by atoms with Crippen LogP contribution in [0, 0.1) is 6.92 Å². The summed E-state index contributed by atoms with van der Waals surface area (Å²) in [7, 11) is 0. The summed E-state index contributed by atoms with van der Waals surface area (Å²) in [6.45, 7) is 4.56. The van der Waals surface area contributed by atoms with E-state index in [0.717, 1.165) is 34.2 Å². The number of aryl methyl sites for hydroxylation is 1. The van der Waals surface area contributed by atoms with Crippen LogP contribution in [0.1, 0.15) is 48.6 Å². The van der Waals surface area contributed by atoms with Crippen LogP contribution >= 0.6 is 11.3 Å². The molecule has 1 amide bonds. The van der Waals surface area contributed by atoms with Crippen LogP contribution in [0.2, 0.25) is 0 Å². The van der Waals surface area contributed by atoms with Gasteiger partial charge in [-0.1, -0.05) is 30.6 Å². The van der Waals surface area contributed by atoms with Gasteiger partial charge in [-0.15, -0.1) is 10.2 Å². The quantitative estimate of drug-likeness (QED) is 0.527. The number of carbonyl (C=O) groups excluding carboxylic acids is 1. The van der Waals surface area contributed by atoms with Gasteiger partial charge in [0.25, 0.3) is 5.91 Å². The molecule has 1 aliphatic heterocycles. The Kier molecular flexibility index (Phi) is 6.30. The molecule has 5 rings (SSSR count). The highest BCUT2D eigenvalue weighted by Gasteiger charge is 2.25. The molecule has 0 unspecified atom stereocenters. The van der Waals surface area contributed by atoms with Gasteiger partial charge in [0.1, 0.15) is 16.3 Å². The Bertz CT molecular complexity index is 1190. The molecule has 2 aromatic heterocycles. The maximum absolute atomic E-state index is 12.7. The van der Waals surface area contributed by atoms with Gasteiger partial charge in [0.15, 0.2) is 6.61 Å². The molecule has 0 N–H and O–H groups in total. The Morgan fingerprint density at radius 2 is 1.91 bits per heavy atom. The highest BCUT2D eigenvalue weighted by molar-refractivity contribution is 7.15. The molecule has 1 aromatic carbocycles. The van der Waals surface area contributed by atoms with Crippen LogP contribution in [0.25, 0.3) is 11.0 Å². The van der Waals surface area contributed by atoms with Crippen molar-refractivity contribution in [3.05, 3.63) is 45.3 Å². The SMILES string of the molecule is Cc1cc(=O)oc2cc(OCC(=O)N3CCN(c4nnc(C5CCCCC5)s4)CC3)ccc12. The standard InChI is InChI=1S/C24H28N4O4S/c1-16-13-22(30)32-20-14-18(7-8-19(16)20)31-15-21(29)27-9-11-28(12-10-27)24-26-25-23(33-24)17-5-3-2-4-6-17/h7-8,13-14,17H,2-6,9-12,15H2,1H3. The molecule has 1 aliphatic carbocycles. The molecular formula is C24H28N4O4S. The van der Waals surface area contributed by atoms with Gasteiger partial charge in [-0.2, -0.15) is 0 Å². The lowest BCUT2D eigenvalue weighted by Gasteiger charge is -2.34. The second-order valence-electron chi connectivity index (χ2n) is 8.82. The van der Waals surface area contributed by atoms with E-state index in [0.29, 0.717) is 30.3 Å². The maximum Gasteiger partial charge on any atom is 0.336 e. The lowest BCUT2D eigenvalue weighted by atomic mass is 9.90. The van der Waals surface area contributed by atoms with E-state index in [1.165, 1.54) is 38.2 Å². The lowest BCUT2D eigenvalue weighted by molar-refractivity contribution is -0.133. The summed E-state index contributed by atoms with van der Waals surface area (Å²) < 4.78 is 11.0. The number of hydrogen-bond donors (Lipinski definition) is 0. The zero-order chi connectivity index (χ0) is 22.8. The molecule has 33 heavy (non-hydrogen) atoms. The van der Waals surface area contributed by atoms with Crippen LogP contribution in [-0.2, 0) is 4.79 Å². The second kappa shape index (κ2) is 9.51. The number of nitrogens with zero attached hydrogens (tertiary/aromatic N) is 4. The Labute approximate surface area is 196 Å². The smallest absolute Gasteiger partial charge is 0.336 e. The number of amides is 1. The molecule has 9 heteroatoms. The van der Waals surface area contributed by atoms with Gasteiger partial charge in [0.2, 0.25) is 5.13 Å². The summed E-state index contributed by atoms with van der Waals surface area (Å²) in [5.74, 6) is 1.02. The monoisotopic (exact) mass is 468 g/mol. The molecule has 0 radical (unpaired) electrons. The van der Waals surface area contributed by atoms with E-state index in [1.54, 1.807) is 23.5 Å². The molecule has 2 fully saturated rings. The van der Waals surface area contributed by atoms with Crippen LogP contribution in [0.4, 0.5) is 5.13 Å². The molecule has 3 heterocycles. The van der Waals surface area contributed by atoms with Crippen molar-refractivity contribution in [3.63, 3.8) is 0 Å². The molecule has 2 aliphatic rings. The number of aromatic nitrogens is 2. The van der Waals surface area contributed by atoms with Crippen LogP contribution in [-0.4, -0.2) is 53.8 Å². The fourth-order valence-electron chi connectivity index (χ4n) is 4.65. The highest BCUT2D eigenvalue weighted by Crippen LogP contribution is 2.36. The average molecular weight is 469 g/mol. The van der Waals surface area contributed by atoms with Gasteiger partial charge in [-0.25, -0.2) is 4.79 Å². The van der Waals surface area contributed by atoms with Crippen molar-refractivity contribution in [3.8, 4) is 5.75 Å². The van der Waals surface area contributed by atoms with E-state index >= 15 is 0 Å². The van der Waals surface area contributed by atoms with E-state index in [1.807, 2.05) is 17.9 Å². The summed E-state index contributed by atoms with van der Waals surface area (Å²) in [6.07, 6.45) is 6.35. The largest absolute Gasteiger partial charge is 0.484 e. The van der Waals surface area contributed by atoms with E-state index in [2.05, 4.69) is 15.1 Å². The van der Waals surface area contributed by atoms with Crippen molar-refractivity contribution in [2.75, 3.05) is 37.7 Å². The summed E-state index contributed by atoms with van der Waals surface area (Å²) >= 11 is 1.71. The molecule has 8 nitrogen and oxygen atoms in total. The zero-order valence-electron chi connectivity index (χ0n) is 18.8. The Morgan fingerprint density at radius 1 is 1.12 bits per heavy atom. The molecular weight excluding hydrogens is 440 g/mol. The number of anilines is 1. The third-order valence-corrected chi connectivity index (χ3v) is 7.72.